The average molecular weight is 386 g/mol. The van der Waals surface area contributed by atoms with Crippen molar-refractivity contribution in [2.24, 2.45) is 0 Å². The Balaban J connectivity index is 3.10. The molecule has 25 heavy (non-hydrogen) atoms. The van der Waals surface area contributed by atoms with Crippen LogP contribution in [0.3, 0.4) is 0 Å². The normalized spacial score (nSPS) is 12.7. The van der Waals surface area contributed by atoms with Gasteiger partial charge in [-0.1, -0.05) is 135 Å². The van der Waals surface area contributed by atoms with Crippen LogP contribution in [0.5, 0.6) is 0 Å². The van der Waals surface area contributed by atoms with E-state index in [0.29, 0.717) is 0 Å². The van der Waals surface area contributed by atoms with Gasteiger partial charge in [-0.25, -0.2) is 0 Å². The number of rotatable bonds is 19. The van der Waals surface area contributed by atoms with Crippen LogP contribution in [0.2, 0.25) is 25.7 Å². The molecule has 0 N–H and O–H groups in total. The second-order valence-corrected chi connectivity index (χ2v) is 17.1. The molecule has 0 aromatic carbocycles. The lowest BCUT2D eigenvalue weighted by Gasteiger charge is -2.29. The van der Waals surface area contributed by atoms with Crippen molar-refractivity contribution in [2.75, 3.05) is 7.05 Å². The van der Waals surface area contributed by atoms with Crippen LogP contribution in [-0.4, -0.2) is 29.2 Å². The molecule has 0 unspecified atom stereocenters. The molecular formula is C22H51NSi2. The SMILES string of the molecule is CCCCCCCCCCCCCCCCCC[SiH2]N(C)[Si](C)(C)C. The molecule has 0 aliphatic carbocycles. The molecule has 152 valence electrons. The van der Waals surface area contributed by atoms with Crippen LogP contribution in [-0.2, 0) is 0 Å². The smallest absolute Gasteiger partial charge is 0.111 e. The monoisotopic (exact) mass is 385 g/mol. The maximum Gasteiger partial charge on any atom is 0.111 e. The van der Waals surface area contributed by atoms with E-state index in [2.05, 4.69) is 37.8 Å². The van der Waals surface area contributed by atoms with Crippen LogP contribution in [0.25, 0.3) is 0 Å². The van der Waals surface area contributed by atoms with Gasteiger partial charge in [0.15, 0.2) is 0 Å². The van der Waals surface area contributed by atoms with Crippen LogP contribution in [0.15, 0.2) is 0 Å². The quantitative estimate of drug-likeness (QED) is 0.164. The van der Waals surface area contributed by atoms with Crippen molar-refractivity contribution in [1.82, 2.24) is 4.23 Å². The molecule has 0 aliphatic heterocycles. The highest BCUT2D eigenvalue weighted by atomic mass is 28.4. The van der Waals surface area contributed by atoms with E-state index in [1.165, 1.54) is 103 Å². The van der Waals surface area contributed by atoms with Crippen molar-refractivity contribution in [3.05, 3.63) is 0 Å². The molecule has 0 aromatic heterocycles. The Bertz CT molecular complexity index is 263. The Kier molecular flexibility index (Phi) is 18.1. The van der Waals surface area contributed by atoms with E-state index in [0.717, 1.165) is 0 Å². The molecule has 0 saturated carbocycles. The van der Waals surface area contributed by atoms with E-state index >= 15 is 0 Å². The maximum absolute atomic E-state index is 2.76. The first-order valence-corrected chi connectivity index (χ1v) is 16.8. The fourth-order valence-corrected chi connectivity index (χ4v) is 7.62. The fourth-order valence-electron chi connectivity index (χ4n) is 3.41. The van der Waals surface area contributed by atoms with Gasteiger partial charge in [-0.15, -0.1) is 0 Å². The minimum Gasteiger partial charge on any atom is -0.353 e. The number of unbranched alkanes of at least 4 members (excludes halogenated alkanes) is 15. The lowest BCUT2D eigenvalue weighted by Crippen LogP contribution is -2.45. The Labute approximate surface area is 164 Å². The molecule has 0 heterocycles. The molecule has 3 heteroatoms. The number of hydrogen-bond donors (Lipinski definition) is 0. The molecule has 0 atom stereocenters. The topological polar surface area (TPSA) is 3.24 Å². The lowest BCUT2D eigenvalue weighted by molar-refractivity contribution is 0.531. The fraction of sp³-hybridized carbons (Fsp3) is 1.00. The summed E-state index contributed by atoms with van der Waals surface area (Å²) in [6.07, 6.45) is 23.6. The minimum atomic E-state index is -0.976. The van der Waals surface area contributed by atoms with Gasteiger partial charge >= 0.3 is 0 Å². The van der Waals surface area contributed by atoms with E-state index in [9.17, 15) is 0 Å². The second kappa shape index (κ2) is 17.8. The van der Waals surface area contributed by atoms with Crippen molar-refractivity contribution in [2.45, 2.75) is 135 Å². The van der Waals surface area contributed by atoms with Crippen LogP contribution < -0.4 is 0 Å². The van der Waals surface area contributed by atoms with Crippen molar-refractivity contribution in [1.29, 1.82) is 0 Å². The Morgan fingerprint density at radius 1 is 0.560 bits per heavy atom. The summed E-state index contributed by atoms with van der Waals surface area (Å²) < 4.78 is 2.76. The molecule has 0 bridgehead atoms. The highest BCUT2D eigenvalue weighted by Gasteiger charge is 2.18. The van der Waals surface area contributed by atoms with Gasteiger partial charge in [-0.3, -0.25) is 0 Å². The first kappa shape index (κ1) is 25.4. The van der Waals surface area contributed by atoms with Crippen LogP contribution in [0.1, 0.15) is 110 Å². The lowest BCUT2D eigenvalue weighted by atomic mass is 10.0. The van der Waals surface area contributed by atoms with Crippen molar-refractivity contribution in [3.8, 4) is 0 Å². The van der Waals surface area contributed by atoms with Crippen molar-refractivity contribution in [3.63, 3.8) is 0 Å². The third-order valence-electron chi connectivity index (χ3n) is 5.74. The Morgan fingerprint density at radius 3 is 1.20 bits per heavy atom. The zero-order valence-corrected chi connectivity index (χ0v) is 21.1. The Morgan fingerprint density at radius 2 is 0.880 bits per heavy atom. The van der Waals surface area contributed by atoms with Gasteiger partial charge in [0.25, 0.3) is 0 Å². The first-order valence-electron chi connectivity index (χ1n) is 11.7. The summed E-state index contributed by atoms with van der Waals surface area (Å²) in [5, 5.41) is 0. The molecule has 0 rings (SSSR count). The van der Waals surface area contributed by atoms with Gasteiger partial charge in [-0.05, 0) is 7.05 Å². The summed E-state index contributed by atoms with van der Waals surface area (Å²) >= 11 is 0. The van der Waals surface area contributed by atoms with Crippen LogP contribution in [0.4, 0.5) is 0 Å². The minimum absolute atomic E-state index is 0.0619. The third-order valence-corrected chi connectivity index (χ3v) is 13.0. The van der Waals surface area contributed by atoms with E-state index in [-0.39, 0.29) is 9.68 Å². The average Bonchev–Trinajstić information content (AvgIpc) is 2.56. The molecule has 0 spiro atoms. The van der Waals surface area contributed by atoms with Crippen molar-refractivity contribution < 1.29 is 0 Å². The van der Waals surface area contributed by atoms with Crippen LogP contribution in [0, 0.1) is 0 Å². The van der Waals surface area contributed by atoms with E-state index in [1.54, 1.807) is 6.04 Å². The molecule has 0 radical (unpaired) electrons. The zero-order chi connectivity index (χ0) is 18.8. The summed E-state index contributed by atoms with van der Waals surface area (Å²) in [5.74, 6) is 0. The standard InChI is InChI=1S/C22H51NSi2/c1-6-7-8-9-10-11-12-13-14-15-16-17-18-19-20-21-22-24-23(2)25(3,4)5/h6-22,24H2,1-5H3. The van der Waals surface area contributed by atoms with Gasteiger partial charge in [0.2, 0.25) is 0 Å². The molecule has 0 saturated heterocycles. The van der Waals surface area contributed by atoms with E-state index < -0.39 is 8.24 Å². The first-order chi connectivity index (χ1) is 12.0. The molecule has 0 fully saturated rings. The molecule has 0 aliphatic rings. The molecule has 0 aromatic rings. The van der Waals surface area contributed by atoms with Gasteiger partial charge in [-0.2, -0.15) is 0 Å². The van der Waals surface area contributed by atoms with Gasteiger partial charge in [0, 0.05) is 0 Å². The predicted octanol–water partition coefficient (Wildman–Crippen LogP) is 7.52. The highest BCUT2D eigenvalue weighted by Crippen LogP contribution is 2.14. The third kappa shape index (κ3) is 19.0. The van der Waals surface area contributed by atoms with E-state index in [1.807, 2.05) is 0 Å². The van der Waals surface area contributed by atoms with Crippen molar-refractivity contribution >= 4 is 17.9 Å². The van der Waals surface area contributed by atoms with Crippen LogP contribution >= 0.6 is 0 Å². The number of hydrogen-bond acceptors (Lipinski definition) is 1. The highest BCUT2D eigenvalue weighted by molar-refractivity contribution is 6.78. The maximum atomic E-state index is 2.76. The Hall–Kier alpha value is 0.394. The number of nitrogens with zero attached hydrogens (tertiary/aromatic N) is 1. The summed E-state index contributed by atoms with van der Waals surface area (Å²) in [4.78, 5) is 0. The summed E-state index contributed by atoms with van der Waals surface area (Å²) in [6, 6.07) is 1.54. The van der Waals surface area contributed by atoms with Gasteiger partial charge in [0.05, 0.1) is 9.68 Å². The molecule has 0 amide bonds. The largest absolute Gasteiger partial charge is 0.353 e. The molecular weight excluding hydrogens is 334 g/mol. The van der Waals surface area contributed by atoms with Gasteiger partial charge < -0.3 is 4.23 Å². The summed E-state index contributed by atoms with van der Waals surface area (Å²) in [7, 11) is 1.47. The zero-order valence-electron chi connectivity index (χ0n) is 18.7. The van der Waals surface area contributed by atoms with Gasteiger partial charge in [0.1, 0.15) is 8.24 Å². The second-order valence-electron chi connectivity index (χ2n) is 9.25. The summed E-state index contributed by atoms with van der Waals surface area (Å²) in [6.45, 7) is 9.74. The summed E-state index contributed by atoms with van der Waals surface area (Å²) in [5.41, 5.74) is 0. The molecule has 1 nitrogen and oxygen atoms in total. The van der Waals surface area contributed by atoms with E-state index in [4.69, 9.17) is 0 Å². The predicted molar refractivity (Wildman–Crippen MR) is 124 cm³/mol.